The molecule has 1 saturated carbocycles. The molecule has 1 heterocycles. The van der Waals surface area contributed by atoms with Gasteiger partial charge in [-0.05, 0) is 45.2 Å². The van der Waals surface area contributed by atoms with Crippen LogP contribution in [0.5, 0.6) is 0 Å². The van der Waals surface area contributed by atoms with Crippen molar-refractivity contribution in [1.82, 2.24) is 10.6 Å². The number of carbonyl (C=O) groups is 3. The molecule has 29 heavy (non-hydrogen) atoms. The van der Waals surface area contributed by atoms with Crippen molar-refractivity contribution in [2.24, 2.45) is 11.8 Å². The molecule has 2 N–H and O–H groups in total. The molecule has 158 valence electrons. The smallest absolute Gasteiger partial charge is 0.227 e. The lowest BCUT2D eigenvalue weighted by molar-refractivity contribution is -0.129. The molecule has 1 aliphatic heterocycles. The van der Waals surface area contributed by atoms with Gasteiger partial charge in [0.15, 0.2) is 0 Å². The van der Waals surface area contributed by atoms with Crippen LogP contribution >= 0.6 is 0 Å². The van der Waals surface area contributed by atoms with Gasteiger partial charge in [0.05, 0.1) is 11.6 Å². The molecule has 3 amide bonds. The highest BCUT2D eigenvalue weighted by Crippen LogP contribution is 2.29. The Labute approximate surface area is 169 Å². The van der Waals surface area contributed by atoms with E-state index in [2.05, 4.69) is 10.6 Å². The molecular formula is C21H27F2N3O3. The zero-order chi connectivity index (χ0) is 21.1. The van der Waals surface area contributed by atoms with Crippen LogP contribution in [-0.4, -0.2) is 36.3 Å². The molecule has 2 aliphatic rings. The fourth-order valence-electron chi connectivity index (χ4n) is 4.10. The molecule has 3 rings (SSSR count). The van der Waals surface area contributed by atoms with E-state index in [0.717, 1.165) is 31.4 Å². The number of amides is 3. The summed E-state index contributed by atoms with van der Waals surface area (Å²) in [5, 5.41) is 5.88. The van der Waals surface area contributed by atoms with Crippen LogP contribution in [0.1, 0.15) is 46.0 Å². The standard InChI is InChI=1S/C21H27F2N3O3/c1-12(2)24-20(28)13-4-3-5-16(8-13)25-21(29)14-9-19(27)26(11-14)18-7-6-15(22)10-17(18)23/h6-7,10,12-14,16H,3-5,8-9,11H2,1-2H3,(H,24,28)(H,25,29). The summed E-state index contributed by atoms with van der Waals surface area (Å²) in [7, 11) is 0. The average molecular weight is 407 g/mol. The first-order valence-electron chi connectivity index (χ1n) is 10.1. The largest absolute Gasteiger partial charge is 0.354 e. The van der Waals surface area contributed by atoms with Crippen LogP contribution in [-0.2, 0) is 14.4 Å². The van der Waals surface area contributed by atoms with Crippen molar-refractivity contribution in [3.8, 4) is 0 Å². The number of hydrogen-bond donors (Lipinski definition) is 2. The molecule has 1 aliphatic carbocycles. The van der Waals surface area contributed by atoms with E-state index >= 15 is 0 Å². The van der Waals surface area contributed by atoms with Crippen LogP contribution in [0.3, 0.4) is 0 Å². The van der Waals surface area contributed by atoms with Gasteiger partial charge in [0, 0.05) is 37.0 Å². The van der Waals surface area contributed by atoms with E-state index in [1.54, 1.807) is 0 Å². The number of carbonyl (C=O) groups excluding carboxylic acids is 3. The van der Waals surface area contributed by atoms with Gasteiger partial charge in [-0.1, -0.05) is 6.42 Å². The van der Waals surface area contributed by atoms with E-state index in [0.29, 0.717) is 6.42 Å². The minimum Gasteiger partial charge on any atom is -0.354 e. The summed E-state index contributed by atoms with van der Waals surface area (Å²) in [4.78, 5) is 38.4. The monoisotopic (exact) mass is 407 g/mol. The molecule has 0 bridgehead atoms. The SMILES string of the molecule is CC(C)NC(=O)C1CCCC(NC(=O)C2CC(=O)N(c3ccc(F)cc3F)C2)C1. The second-order valence-corrected chi connectivity index (χ2v) is 8.23. The Hall–Kier alpha value is -2.51. The summed E-state index contributed by atoms with van der Waals surface area (Å²) in [6.07, 6.45) is 2.98. The van der Waals surface area contributed by atoms with Gasteiger partial charge in [0.2, 0.25) is 17.7 Å². The third-order valence-electron chi connectivity index (χ3n) is 5.52. The number of hydrogen-bond acceptors (Lipinski definition) is 3. The maximum atomic E-state index is 14.0. The van der Waals surface area contributed by atoms with Crippen molar-refractivity contribution in [1.29, 1.82) is 0 Å². The third kappa shape index (κ3) is 5.10. The van der Waals surface area contributed by atoms with Crippen molar-refractivity contribution in [2.45, 2.75) is 58.0 Å². The van der Waals surface area contributed by atoms with Crippen LogP contribution in [0.25, 0.3) is 0 Å². The summed E-state index contributed by atoms with van der Waals surface area (Å²) in [5.74, 6) is -2.91. The Morgan fingerprint density at radius 3 is 2.59 bits per heavy atom. The Balaban J connectivity index is 1.58. The summed E-state index contributed by atoms with van der Waals surface area (Å²) >= 11 is 0. The summed E-state index contributed by atoms with van der Waals surface area (Å²) in [5.41, 5.74) is -0.0187. The first-order chi connectivity index (χ1) is 13.7. The number of benzene rings is 1. The summed E-state index contributed by atoms with van der Waals surface area (Å²) in [6, 6.07) is 2.97. The lowest BCUT2D eigenvalue weighted by Crippen LogP contribution is -2.45. The molecule has 1 aromatic rings. The first kappa shape index (κ1) is 21.2. The highest BCUT2D eigenvalue weighted by atomic mass is 19.1. The lowest BCUT2D eigenvalue weighted by Gasteiger charge is -2.30. The van der Waals surface area contributed by atoms with E-state index in [1.165, 1.54) is 11.0 Å². The predicted molar refractivity (Wildman–Crippen MR) is 104 cm³/mol. The molecule has 6 nitrogen and oxygen atoms in total. The van der Waals surface area contributed by atoms with E-state index in [4.69, 9.17) is 0 Å². The van der Waals surface area contributed by atoms with Crippen LogP contribution in [0.4, 0.5) is 14.5 Å². The van der Waals surface area contributed by atoms with Gasteiger partial charge in [-0.15, -0.1) is 0 Å². The molecule has 1 saturated heterocycles. The van der Waals surface area contributed by atoms with Crippen molar-refractivity contribution in [3.63, 3.8) is 0 Å². The van der Waals surface area contributed by atoms with Crippen molar-refractivity contribution < 1.29 is 23.2 Å². The number of rotatable bonds is 5. The predicted octanol–water partition coefficient (Wildman–Crippen LogP) is 2.52. The van der Waals surface area contributed by atoms with Gasteiger partial charge in [-0.3, -0.25) is 14.4 Å². The summed E-state index contributed by atoms with van der Waals surface area (Å²) < 4.78 is 27.1. The molecule has 0 aromatic heterocycles. The molecule has 8 heteroatoms. The van der Waals surface area contributed by atoms with Gasteiger partial charge < -0.3 is 15.5 Å². The quantitative estimate of drug-likeness (QED) is 0.787. The minimum atomic E-state index is -0.828. The normalized spacial score (nSPS) is 24.7. The van der Waals surface area contributed by atoms with E-state index in [-0.39, 0.29) is 54.4 Å². The summed E-state index contributed by atoms with van der Waals surface area (Å²) in [6.45, 7) is 3.87. The molecule has 1 aromatic carbocycles. The Kier molecular flexibility index (Phi) is 6.49. The molecule has 3 unspecified atom stereocenters. The zero-order valence-corrected chi connectivity index (χ0v) is 16.7. The van der Waals surface area contributed by atoms with Gasteiger partial charge in [-0.2, -0.15) is 0 Å². The maximum absolute atomic E-state index is 14.0. The highest BCUT2D eigenvalue weighted by molar-refractivity contribution is 6.00. The first-order valence-corrected chi connectivity index (χ1v) is 10.1. The minimum absolute atomic E-state index is 0.00736. The molecular weight excluding hydrogens is 380 g/mol. The van der Waals surface area contributed by atoms with Crippen LogP contribution < -0.4 is 15.5 Å². The Morgan fingerprint density at radius 1 is 1.14 bits per heavy atom. The van der Waals surface area contributed by atoms with Crippen LogP contribution in [0.15, 0.2) is 18.2 Å². The van der Waals surface area contributed by atoms with E-state index < -0.39 is 17.6 Å². The second kappa shape index (κ2) is 8.88. The third-order valence-corrected chi connectivity index (χ3v) is 5.52. The number of halogens is 2. The fraction of sp³-hybridized carbons (Fsp3) is 0.571. The van der Waals surface area contributed by atoms with Crippen LogP contribution in [0, 0.1) is 23.5 Å². The van der Waals surface area contributed by atoms with Gasteiger partial charge in [-0.25, -0.2) is 8.78 Å². The molecule has 0 spiro atoms. The van der Waals surface area contributed by atoms with Gasteiger partial charge in [0.25, 0.3) is 0 Å². The fourth-order valence-corrected chi connectivity index (χ4v) is 4.10. The van der Waals surface area contributed by atoms with Gasteiger partial charge >= 0.3 is 0 Å². The Morgan fingerprint density at radius 2 is 1.90 bits per heavy atom. The topological polar surface area (TPSA) is 78.5 Å². The van der Waals surface area contributed by atoms with E-state index in [9.17, 15) is 23.2 Å². The second-order valence-electron chi connectivity index (χ2n) is 8.23. The van der Waals surface area contributed by atoms with Crippen molar-refractivity contribution >= 4 is 23.4 Å². The lowest BCUT2D eigenvalue weighted by atomic mass is 9.84. The van der Waals surface area contributed by atoms with Crippen molar-refractivity contribution in [3.05, 3.63) is 29.8 Å². The van der Waals surface area contributed by atoms with E-state index in [1.807, 2.05) is 13.8 Å². The molecule has 0 radical (unpaired) electrons. The highest BCUT2D eigenvalue weighted by Gasteiger charge is 2.37. The average Bonchev–Trinajstić information content (AvgIpc) is 3.03. The zero-order valence-electron chi connectivity index (χ0n) is 16.7. The van der Waals surface area contributed by atoms with Crippen molar-refractivity contribution in [2.75, 3.05) is 11.4 Å². The maximum Gasteiger partial charge on any atom is 0.227 e. The molecule has 3 atom stereocenters. The number of nitrogens with zero attached hydrogens (tertiary/aromatic N) is 1. The number of nitrogens with one attached hydrogen (secondary N) is 2. The van der Waals surface area contributed by atoms with Crippen LogP contribution in [0.2, 0.25) is 0 Å². The van der Waals surface area contributed by atoms with Gasteiger partial charge in [0.1, 0.15) is 11.6 Å². The number of anilines is 1. The molecule has 2 fully saturated rings. The Bertz CT molecular complexity index is 799.